The Hall–Kier alpha value is -3.44. The molecular weight excluding hydrogens is 506 g/mol. The molecule has 0 aliphatic carbocycles. The molecule has 0 radical (unpaired) electrons. The van der Waals surface area contributed by atoms with Gasteiger partial charge in [-0.25, -0.2) is 0 Å². The lowest BCUT2D eigenvalue weighted by molar-refractivity contribution is -0.122. The van der Waals surface area contributed by atoms with Crippen LogP contribution in [0.25, 0.3) is 10.9 Å². The van der Waals surface area contributed by atoms with Crippen LogP contribution >= 0.6 is 15.9 Å². The summed E-state index contributed by atoms with van der Waals surface area (Å²) in [5.41, 5.74) is 2.26. The molecule has 10 nitrogen and oxygen atoms in total. The fraction of sp³-hybridized carbons (Fsp3) is 0.304. The van der Waals surface area contributed by atoms with Gasteiger partial charge < -0.3 is 19.4 Å². The van der Waals surface area contributed by atoms with Crippen molar-refractivity contribution in [3.05, 3.63) is 46.4 Å². The number of ether oxygens (including phenoxy) is 2. The van der Waals surface area contributed by atoms with Crippen molar-refractivity contribution in [2.75, 3.05) is 34.9 Å². The Labute approximate surface area is 205 Å². The molecule has 1 heterocycles. The Morgan fingerprint density at radius 2 is 1.85 bits per heavy atom. The summed E-state index contributed by atoms with van der Waals surface area (Å²) >= 11 is 3.43. The first kappa shape index (κ1) is 25.2. The zero-order valence-corrected chi connectivity index (χ0v) is 21.2. The minimum atomic E-state index is -0.647. The zero-order chi connectivity index (χ0) is 24.8. The van der Waals surface area contributed by atoms with Crippen molar-refractivity contribution < 1.29 is 24.2 Å². The molecule has 0 aliphatic heterocycles. The predicted octanol–water partition coefficient (Wildman–Crippen LogP) is 4.70. The topological polar surface area (TPSA) is 110 Å². The molecule has 0 saturated carbocycles. The van der Waals surface area contributed by atoms with Crippen molar-refractivity contribution in [1.82, 2.24) is 9.47 Å². The van der Waals surface area contributed by atoms with Gasteiger partial charge in [-0.15, -0.1) is 10.2 Å². The Kier molecular flexibility index (Phi) is 8.24. The highest BCUT2D eigenvalue weighted by Crippen LogP contribution is 2.40. The molecule has 0 atom stereocenters. The van der Waals surface area contributed by atoms with Gasteiger partial charge in [-0.05, 0) is 57.4 Å². The smallest absolute Gasteiger partial charge is 0.304 e. The lowest BCUT2D eigenvalue weighted by atomic mass is 10.1. The van der Waals surface area contributed by atoms with Crippen LogP contribution in [-0.2, 0) is 16.3 Å². The molecule has 2 aromatic carbocycles. The van der Waals surface area contributed by atoms with Gasteiger partial charge in [-0.2, -0.15) is 0 Å². The molecule has 0 spiro atoms. The Morgan fingerprint density at radius 1 is 1.12 bits per heavy atom. The Bertz CT molecular complexity index is 1250. The molecule has 11 heteroatoms. The summed E-state index contributed by atoms with van der Waals surface area (Å²) in [5.74, 6) is 0.422. The fourth-order valence-corrected chi connectivity index (χ4v) is 3.61. The number of hydrogen-bond donors (Lipinski definition) is 1. The number of fused-ring (bicyclic) bond motifs is 1. The maximum atomic E-state index is 12.2. The molecule has 3 aromatic rings. The van der Waals surface area contributed by atoms with Crippen molar-refractivity contribution in [1.29, 1.82) is 0 Å². The summed E-state index contributed by atoms with van der Waals surface area (Å²) in [6.07, 6.45) is 0. The second-order valence-electron chi connectivity index (χ2n) is 7.60. The Balaban J connectivity index is 1.73. The second-order valence-corrected chi connectivity index (χ2v) is 8.51. The van der Waals surface area contributed by atoms with E-state index >= 15 is 0 Å². The number of halogens is 1. The van der Waals surface area contributed by atoms with Crippen LogP contribution in [0.1, 0.15) is 12.5 Å². The summed E-state index contributed by atoms with van der Waals surface area (Å²) < 4.78 is 13.0. The molecule has 3 rings (SSSR count). The van der Waals surface area contributed by atoms with Crippen LogP contribution in [0.4, 0.5) is 5.69 Å². The molecule has 180 valence electrons. The van der Waals surface area contributed by atoms with Crippen LogP contribution in [0.5, 0.6) is 17.4 Å². The SMILES string of the molecule is COc1ccc(/C(C)=N\OCC(=O)N=Nc2c(O)n(CN(C)C)c3ccc(Br)cc23)cc1OC. The van der Waals surface area contributed by atoms with E-state index in [-0.39, 0.29) is 11.6 Å². The van der Waals surface area contributed by atoms with Gasteiger partial charge in [-0.3, -0.25) is 14.3 Å². The third-order valence-electron chi connectivity index (χ3n) is 4.85. The number of methoxy groups -OCH3 is 2. The molecule has 1 N–H and O–H groups in total. The minimum Gasteiger partial charge on any atom is -0.493 e. The van der Waals surface area contributed by atoms with Crippen LogP contribution in [-0.4, -0.2) is 61.1 Å². The van der Waals surface area contributed by atoms with Crippen molar-refractivity contribution in [3.63, 3.8) is 0 Å². The van der Waals surface area contributed by atoms with E-state index in [1.54, 1.807) is 43.9 Å². The normalized spacial score (nSPS) is 12.0. The highest BCUT2D eigenvalue weighted by molar-refractivity contribution is 9.10. The standard InChI is InChI=1S/C23H26BrN5O5/c1-14(15-6-9-19(32-4)20(10-15)33-5)27-34-12-21(30)25-26-22-17-11-16(24)7-8-18(17)29(23(22)31)13-28(2)3/h6-11,31H,12-13H2,1-5H3/b26-25?,27-14-. The highest BCUT2D eigenvalue weighted by Gasteiger charge is 2.18. The number of carbonyl (C=O) groups excluding carboxylic acids is 1. The highest BCUT2D eigenvalue weighted by atomic mass is 79.9. The number of aromatic hydroxyl groups is 1. The quantitative estimate of drug-likeness (QED) is 0.243. The van der Waals surface area contributed by atoms with E-state index in [0.29, 0.717) is 29.3 Å². The molecular formula is C23H26BrN5O5. The van der Waals surface area contributed by atoms with E-state index in [9.17, 15) is 9.90 Å². The van der Waals surface area contributed by atoms with Gasteiger partial charge in [0.2, 0.25) is 5.88 Å². The van der Waals surface area contributed by atoms with E-state index in [2.05, 4.69) is 31.3 Å². The molecule has 34 heavy (non-hydrogen) atoms. The van der Waals surface area contributed by atoms with Crippen molar-refractivity contribution >= 4 is 44.1 Å². The number of rotatable bonds is 9. The number of nitrogens with zero attached hydrogens (tertiary/aromatic N) is 5. The first-order valence-corrected chi connectivity index (χ1v) is 11.0. The number of oxime groups is 1. The number of carbonyl (C=O) groups is 1. The molecule has 0 fully saturated rings. The number of amides is 1. The van der Waals surface area contributed by atoms with Gasteiger partial charge in [0.05, 0.1) is 32.1 Å². The van der Waals surface area contributed by atoms with E-state index in [4.69, 9.17) is 14.3 Å². The van der Waals surface area contributed by atoms with Crippen LogP contribution < -0.4 is 9.47 Å². The third-order valence-corrected chi connectivity index (χ3v) is 5.34. The lowest BCUT2D eigenvalue weighted by Gasteiger charge is -2.13. The molecule has 1 aromatic heterocycles. The van der Waals surface area contributed by atoms with Crippen LogP contribution in [0, 0.1) is 0 Å². The summed E-state index contributed by atoms with van der Waals surface area (Å²) in [6.45, 7) is 1.76. The Morgan fingerprint density at radius 3 is 2.53 bits per heavy atom. The van der Waals surface area contributed by atoms with Crippen LogP contribution in [0.15, 0.2) is 56.3 Å². The summed E-state index contributed by atoms with van der Waals surface area (Å²) in [7, 11) is 6.87. The fourth-order valence-electron chi connectivity index (χ4n) is 3.25. The van der Waals surface area contributed by atoms with Gasteiger partial charge in [0.1, 0.15) is 0 Å². The minimum absolute atomic E-state index is 0.0819. The van der Waals surface area contributed by atoms with E-state index in [1.165, 1.54) is 0 Å². The predicted molar refractivity (Wildman–Crippen MR) is 132 cm³/mol. The number of hydrogen-bond acceptors (Lipinski definition) is 8. The average Bonchev–Trinajstić information content (AvgIpc) is 3.06. The monoisotopic (exact) mass is 531 g/mol. The second kappa shape index (κ2) is 11.1. The maximum Gasteiger partial charge on any atom is 0.304 e. The van der Waals surface area contributed by atoms with Gasteiger partial charge in [0.15, 0.2) is 23.8 Å². The van der Waals surface area contributed by atoms with Crippen molar-refractivity contribution in [2.45, 2.75) is 13.6 Å². The molecule has 0 bridgehead atoms. The molecule has 1 amide bonds. The van der Waals surface area contributed by atoms with Gasteiger partial charge in [-0.1, -0.05) is 21.1 Å². The summed E-state index contributed by atoms with van der Waals surface area (Å²) in [5, 5.41) is 23.0. The van der Waals surface area contributed by atoms with E-state index < -0.39 is 12.5 Å². The number of aromatic nitrogens is 1. The van der Waals surface area contributed by atoms with Gasteiger partial charge in [0.25, 0.3) is 0 Å². The van der Waals surface area contributed by atoms with Crippen molar-refractivity contribution in [3.8, 4) is 17.4 Å². The molecule has 0 saturated heterocycles. The first-order valence-electron chi connectivity index (χ1n) is 10.2. The first-order chi connectivity index (χ1) is 16.2. The van der Waals surface area contributed by atoms with Gasteiger partial charge >= 0.3 is 5.91 Å². The maximum absolute atomic E-state index is 12.2. The summed E-state index contributed by atoms with van der Waals surface area (Å²) in [6, 6.07) is 10.9. The summed E-state index contributed by atoms with van der Waals surface area (Å²) in [4.78, 5) is 19.3. The zero-order valence-electron chi connectivity index (χ0n) is 19.6. The van der Waals surface area contributed by atoms with Crippen LogP contribution in [0.3, 0.4) is 0 Å². The number of azo groups is 1. The largest absolute Gasteiger partial charge is 0.493 e. The van der Waals surface area contributed by atoms with Gasteiger partial charge in [0, 0.05) is 15.4 Å². The molecule has 0 unspecified atom stereocenters. The van der Waals surface area contributed by atoms with E-state index in [0.717, 1.165) is 15.6 Å². The third kappa shape index (κ3) is 5.72. The van der Waals surface area contributed by atoms with Crippen molar-refractivity contribution in [2.24, 2.45) is 15.4 Å². The van der Waals surface area contributed by atoms with Crippen LogP contribution in [0.2, 0.25) is 0 Å². The average molecular weight is 532 g/mol. The molecule has 0 aliphatic rings. The lowest BCUT2D eigenvalue weighted by Crippen LogP contribution is -2.16. The van der Waals surface area contributed by atoms with E-state index in [1.807, 2.05) is 37.2 Å². The number of benzene rings is 2.